The zero-order valence-electron chi connectivity index (χ0n) is 17.0. The maximum atomic E-state index is 12.8. The number of hydrogen-bond acceptors (Lipinski definition) is 10. The van der Waals surface area contributed by atoms with Crippen LogP contribution in [0.3, 0.4) is 0 Å². The van der Waals surface area contributed by atoms with Gasteiger partial charge < -0.3 is 23.7 Å². The SMILES string of the molecule is C=C(C(=O)OCC(=O)OC1C2OC(=O)C3C2OC1C3C(=O)OC1CCCCC1=O)C(F)(F)F. The Kier molecular flexibility index (Phi) is 5.93. The zero-order valence-corrected chi connectivity index (χ0v) is 17.0. The molecule has 0 aromatic rings. The van der Waals surface area contributed by atoms with Crippen molar-refractivity contribution < 1.29 is 60.8 Å². The number of Topliss-reactive ketones (excluding diaryl/α,β-unsaturated/α-hetero) is 1. The number of fused-ring (bicyclic) bond motifs is 1. The average Bonchev–Trinajstić information content (AvgIpc) is 3.36. The van der Waals surface area contributed by atoms with Crippen molar-refractivity contribution in [2.45, 2.75) is 62.4 Å². The van der Waals surface area contributed by atoms with Gasteiger partial charge in [-0.25, -0.2) is 9.59 Å². The molecule has 0 aromatic carbocycles. The maximum Gasteiger partial charge on any atom is 0.422 e. The highest BCUT2D eigenvalue weighted by molar-refractivity contribution is 5.91. The van der Waals surface area contributed by atoms with E-state index >= 15 is 0 Å². The van der Waals surface area contributed by atoms with Gasteiger partial charge >= 0.3 is 30.1 Å². The Hall–Kier alpha value is -2.96. The van der Waals surface area contributed by atoms with Crippen LogP contribution in [0.5, 0.6) is 0 Å². The number of ether oxygens (including phenoxy) is 5. The topological polar surface area (TPSA) is 132 Å². The highest BCUT2D eigenvalue weighted by Gasteiger charge is 2.72. The Labute approximate surface area is 184 Å². The van der Waals surface area contributed by atoms with E-state index in [1.165, 1.54) is 0 Å². The number of rotatable bonds is 6. The van der Waals surface area contributed by atoms with Crippen molar-refractivity contribution in [1.82, 2.24) is 0 Å². The van der Waals surface area contributed by atoms with Gasteiger partial charge in [0.25, 0.3) is 0 Å². The molecule has 180 valence electrons. The van der Waals surface area contributed by atoms with Crippen LogP contribution >= 0.6 is 0 Å². The first-order valence-corrected chi connectivity index (χ1v) is 10.2. The van der Waals surface area contributed by atoms with Crippen molar-refractivity contribution in [3.63, 3.8) is 0 Å². The molecule has 4 rings (SSSR count). The third kappa shape index (κ3) is 4.21. The molecule has 3 heterocycles. The molecule has 4 aliphatic rings. The molecular weight excluding hydrogens is 457 g/mol. The molecule has 4 fully saturated rings. The monoisotopic (exact) mass is 476 g/mol. The van der Waals surface area contributed by atoms with Crippen LogP contribution in [0.1, 0.15) is 25.7 Å². The lowest BCUT2D eigenvalue weighted by Gasteiger charge is -2.29. The molecule has 7 atom stereocenters. The van der Waals surface area contributed by atoms with Gasteiger partial charge in [-0.2, -0.15) is 13.2 Å². The summed E-state index contributed by atoms with van der Waals surface area (Å²) >= 11 is 0. The van der Waals surface area contributed by atoms with Crippen LogP contribution in [0.2, 0.25) is 0 Å². The van der Waals surface area contributed by atoms with E-state index in [1.807, 2.05) is 0 Å². The van der Waals surface area contributed by atoms with Gasteiger partial charge in [0, 0.05) is 6.42 Å². The van der Waals surface area contributed by atoms with E-state index in [4.69, 9.17) is 18.9 Å². The first-order chi connectivity index (χ1) is 15.5. The van der Waals surface area contributed by atoms with Gasteiger partial charge in [-0.3, -0.25) is 14.4 Å². The van der Waals surface area contributed by atoms with E-state index in [9.17, 15) is 37.1 Å². The third-order valence-electron chi connectivity index (χ3n) is 6.11. The van der Waals surface area contributed by atoms with E-state index in [0.29, 0.717) is 19.3 Å². The lowest BCUT2D eigenvalue weighted by atomic mass is 9.78. The molecule has 3 saturated heterocycles. The smallest absolute Gasteiger partial charge is 0.422 e. The van der Waals surface area contributed by atoms with Crippen LogP contribution in [0.4, 0.5) is 13.2 Å². The number of esters is 4. The van der Waals surface area contributed by atoms with Gasteiger partial charge in [-0.15, -0.1) is 0 Å². The molecule has 0 N–H and O–H groups in total. The van der Waals surface area contributed by atoms with Gasteiger partial charge in [0.15, 0.2) is 30.7 Å². The molecule has 0 radical (unpaired) electrons. The van der Waals surface area contributed by atoms with Crippen LogP contribution in [-0.4, -0.2) is 73.0 Å². The summed E-state index contributed by atoms with van der Waals surface area (Å²) in [7, 11) is 0. The van der Waals surface area contributed by atoms with Crippen LogP contribution < -0.4 is 0 Å². The van der Waals surface area contributed by atoms with Crippen LogP contribution in [0.25, 0.3) is 0 Å². The summed E-state index contributed by atoms with van der Waals surface area (Å²) in [5.74, 6) is -7.12. The number of carbonyl (C=O) groups excluding carboxylic acids is 5. The zero-order chi connectivity index (χ0) is 24.1. The fourth-order valence-electron chi connectivity index (χ4n) is 4.55. The Bertz CT molecular complexity index is 912. The summed E-state index contributed by atoms with van der Waals surface area (Å²) in [5.41, 5.74) is -1.80. The number of ketones is 1. The minimum atomic E-state index is -5.03. The molecule has 3 aliphatic heterocycles. The maximum absolute atomic E-state index is 12.8. The van der Waals surface area contributed by atoms with E-state index in [1.54, 1.807) is 0 Å². The van der Waals surface area contributed by atoms with Crippen molar-refractivity contribution in [3.05, 3.63) is 12.2 Å². The molecule has 13 heteroatoms. The summed E-state index contributed by atoms with van der Waals surface area (Å²) < 4.78 is 62.9. The summed E-state index contributed by atoms with van der Waals surface area (Å²) in [6, 6.07) is 0. The minimum Gasteiger partial charge on any atom is -0.455 e. The van der Waals surface area contributed by atoms with E-state index in [2.05, 4.69) is 11.3 Å². The summed E-state index contributed by atoms with van der Waals surface area (Å²) in [6.45, 7) is 1.39. The predicted molar refractivity (Wildman–Crippen MR) is 94.9 cm³/mol. The summed E-state index contributed by atoms with van der Waals surface area (Å²) in [5, 5.41) is 0. The Balaban J connectivity index is 1.39. The molecule has 10 nitrogen and oxygen atoms in total. The van der Waals surface area contributed by atoms with E-state index in [-0.39, 0.29) is 12.2 Å². The van der Waals surface area contributed by atoms with Crippen LogP contribution in [0.15, 0.2) is 12.2 Å². The van der Waals surface area contributed by atoms with Gasteiger partial charge in [-0.1, -0.05) is 6.58 Å². The van der Waals surface area contributed by atoms with Gasteiger partial charge in [0.1, 0.15) is 29.6 Å². The molecule has 0 spiro atoms. The van der Waals surface area contributed by atoms with Crippen LogP contribution in [-0.2, 0) is 47.7 Å². The highest BCUT2D eigenvalue weighted by atomic mass is 19.4. The third-order valence-corrected chi connectivity index (χ3v) is 6.11. The molecule has 1 saturated carbocycles. The number of hydrogen-bond donors (Lipinski definition) is 0. The first kappa shape index (κ1) is 23.2. The van der Waals surface area contributed by atoms with Crippen molar-refractivity contribution in [1.29, 1.82) is 0 Å². The Morgan fingerprint density at radius 3 is 2.45 bits per heavy atom. The van der Waals surface area contributed by atoms with Gasteiger partial charge in [0.2, 0.25) is 0 Å². The van der Waals surface area contributed by atoms with Gasteiger partial charge in [-0.05, 0) is 19.3 Å². The van der Waals surface area contributed by atoms with Crippen molar-refractivity contribution >= 4 is 29.7 Å². The number of carbonyl (C=O) groups is 5. The second kappa shape index (κ2) is 8.43. The molecule has 0 aromatic heterocycles. The largest absolute Gasteiger partial charge is 0.455 e. The quantitative estimate of drug-likeness (QED) is 0.304. The molecular formula is C20H19F3O10. The summed E-state index contributed by atoms with van der Waals surface area (Å²) in [4.78, 5) is 60.5. The number of halogens is 3. The first-order valence-electron chi connectivity index (χ1n) is 10.2. The lowest BCUT2D eigenvalue weighted by molar-refractivity contribution is -0.173. The van der Waals surface area contributed by atoms with Crippen molar-refractivity contribution in [2.75, 3.05) is 6.61 Å². The lowest BCUT2D eigenvalue weighted by Crippen LogP contribution is -2.49. The van der Waals surface area contributed by atoms with Gasteiger partial charge in [0.05, 0.1) is 0 Å². The second-order valence-electron chi connectivity index (χ2n) is 8.16. The number of alkyl halides is 3. The summed E-state index contributed by atoms with van der Waals surface area (Å²) in [6.07, 6.45) is -8.26. The molecule has 7 unspecified atom stereocenters. The fourth-order valence-corrected chi connectivity index (χ4v) is 4.55. The standard InChI is InChI=1S/C20H19F3O10/c1-7(20(21,22)23)17(26)29-6-10(25)31-15-13-11(12-14(32-13)16(15)33-19(12)28)18(27)30-9-5-3-2-4-8(9)24/h9,11-16H,1-6H2. The molecule has 33 heavy (non-hydrogen) atoms. The second-order valence-corrected chi connectivity index (χ2v) is 8.16. The minimum absolute atomic E-state index is 0.226. The Morgan fingerprint density at radius 1 is 1.06 bits per heavy atom. The molecule has 2 bridgehead atoms. The van der Waals surface area contributed by atoms with Crippen molar-refractivity contribution in [2.24, 2.45) is 11.8 Å². The van der Waals surface area contributed by atoms with Crippen LogP contribution in [0, 0.1) is 11.8 Å². The highest BCUT2D eigenvalue weighted by Crippen LogP contribution is 2.51. The predicted octanol–water partition coefficient (Wildman–Crippen LogP) is 0.554. The van der Waals surface area contributed by atoms with Crippen molar-refractivity contribution in [3.8, 4) is 0 Å². The van der Waals surface area contributed by atoms with E-state index in [0.717, 1.165) is 0 Å². The fraction of sp³-hybridized carbons (Fsp3) is 0.650. The van der Waals surface area contributed by atoms with E-state index < -0.39 is 84.6 Å². The molecule has 0 amide bonds. The molecule has 1 aliphatic carbocycles. The Morgan fingerprint density at radius 2 is 1.79 bits per heavy atom. The average molecular weight is 476 g/mol. The normalized spacial score (nSPS) is 34.6.